The summed E-state index contributed by atoms with van der Waals surface area (Å²) in [5.41, 5.74) is 1.92. The zero-order valence-corrected chi connectivity index (χ0v) is 13.7. The predicted molar refractivity (Wildman–Crippen MR) is 85.6 cm³/mol. The second kappa shape index (κ2) is 9.89. The molecule has 0 aliphatic carbocycles. The van der Waals surface area contributed by atoms with Gasteiger partial charge in [-0.15, -0.1) is 0 Å². The first-order valence-electron chi connectivity index (χ1n) is 7.35. The molecule has 0 heterocycles. The maximum atomic E-state index is 11.9. The van der Waals surface area contributed by atoms with Gasteiger partial charge in [-0.2, -0.15) is 0 Å². The number of benzene rings is 1. The maximum Gasteiger partial charge on any atom is 0.215 e. The topological polar surface area (TPSA) is 67.4 Å². The Labute approximate surface area is 128 Å². The molecule has 0 bridgehead atoms. The van der Waals surface area contributed by atoms with Gasteiger partial charge in [-0.05, 0) is 24.6 Å². The molecular weight excluding hydrogens is 288 g/mol. The van der Waals surface area contributed by atoms with Crippen LogP contribution in [0, 0.1) is 0 Å². The highest BCUT2D eigenvalue weighted by Crippen LogP contribution is 2.07. The van der Waals surface area contributed by atoms with Crippen LogP contribution >= 0.6 is 0 Å². The van der Waals surface area contributed by atoms with Gasteiger partial charge in [-0.1, -0.05) is 37.6 Å². The van der Waals surface area contributed by atoms with Crippen LogP contribution in [0.2, 0.25) is 0 Å². The molecule has 0 aromatic heterocycles. The molecule has 0 radical (unpaired) electrons. The minimum Gasteiger partial charge on any atom is -0.380 e. The smallest absolute Gasteiger partial charge is 0.215 e. The van der Waals surface area contributed by atoms with Crippen LogP contribution in [0.5, 0.6) is 0 Å². The van der Waals surface area contributed by atoms with Crippen LogP contribution in [-0.2, 0) is 27.1 Å². The SMILES string of the molecule is CCCCOCCNS(=O)(=O)Cc1ccc(CNC)cc1. The molecule has 6 heteroatoms. The molecule has 0 saturated heterocycles. The van der Waals surface area contributed by atoms with Crippen LogP contribution in [0.4, 0.5) is 0 Å². The van der Waals surface area contributed by atoms with E-state index < -0.39 is 10.0 Å². The highest BCUT2D eigenvalue weighted by molar-refractivity contribution is 7.88. The zero-order valence-electron chi connectivity index (χ0n) is 12.9. The van der Waals surface area contributed by atoms with E-state index in [1.54, 1.807) is 0 Å². The minimum absolute atomic E-state index is 0.00178. The summed E-state index contributed by atoms with van der Waals surface area (Å²) in [6.45, 7) is 4.30. The fourth-order valence-electron chi connectivity index (χ4n) is 1.85. The summed E-state index contributed by atoms with van der Waals surface area (Å²) in [7, 11) is -1.42. The van der Waals surface area contributed by atoms with E-state index >= 15 is 0 Å². The van der Waals surface area contributed by atoms with Crippen molar-refractivity contribution in [3.05, 3.63) is 35.4 Å². The van der Waals surface area contributed by atoms with Crippen LogP contribution in [0.25, 0.3) is 0 Å². The summed E-state index contributed by atoms with van der Waals surface area (Å²) in [5, 5.41) is 3.06. The summed E-state index contributed by atoms with van der Waals surface area (Å²) >= 11 is 0. The van der Waals surface area contributed by atoms with E-state index in [-0.39, 0.29) is 5.75 Å². The van der Waals surface area contributed by atoms with Crippen molar-refractivity contribution in [2.75, 3.05) is 26.8 Å². The first kappa shape index (κ1) is 18.1. The van der Waals surface area contributed by atoms with Crippen molar-refractivity contribution in [3.8, 4) is 0 Å². The lowest BCUT2D eigenvalue weighted by molar-refractivity contribution is 0.136. The molecule has 0 atom stereocenters. The Kier molecular flexibility index (Phi) is 8.52. The maximum absolute atomic E-state index is 11.9. The molecule has 1 aromatic rings. The first-order valence-corrected chi connectivity index (χ1v) is 9.00. The van der Waals surface area contributed by atoms with Crippen molar-refractivity contribution in [3.63, 3.8) is 0 Å². The number of hydrogen-bond donors (Lipinski definition) is 2. The Morgan fingerprint density at radius 1 is 1.10 bits per heavy atom. The van der Waals surface area contributed by atoms with Crippen molar-refractivity contribution >= 4 is 10.0 Å². The van der Waals surface area contributed by atoms with E-state index in [0.29, 0.717) is 19.8 Å². The molecule has 21 heavy (non-hydrogen) atoms. The van der Waals surface area contributed by atoms with Gasteiger partial charge in [-0.3, -0.25) is 0 Å². The van der Waals surface area contributed by atoms with Crippen molar-refractivity contribution in [2.45, 2.75) is 32.1 Å². The second-order valence-electron chi connectivity index (χ2n) is 4.97. The first-order chi connectivity index (χ1) is 10.1. The van der Waals surface area contributed by atoms with Crippen molar-refractivity contribution in [1.82, 2.24) is 10.0 Å². The lowest BCUT2D eigenvalue weighted by Crippen LogP contribution is -2.28. The van der Waals surface area contributed by atoms with Gasteiger partial charge < -0.3 is 10.1 Å². The molecule has 0 aliphatic rings. The Morgan fingerprint density at radius 3 is 2.38 bits per heavy atom. The average molecular weight is 314 g/mol. The van der Waals surface area contributed by atoms with E-state index in [1.807, 2.05) is 31.3 Å². The molecule has 5 nitrogen and oxygen atoms in total. The van der Waals surface area contributed by atoms with Crippen LogP contribution in [-0.4, -0.2) is 35.2 Å². The quantitative estimate of drug-likeness (QED) is 0.609. The van der Waals surface area contributed by atoms with Gasteiger partial charge >= 0.3 is 0 Å². The van der Waals surface area contributed by atoms with Crippen LogP contribution in [0.3, 0.4) is 0 Å². The lowest BCUT2D eigenvalue weighted by Gasteiger charge is -2.08. The average Bonchev–Trinajstić information content (AvgIpc) is 2.45. The third-order valence-corrected chi connectivity index (χ3v) is 4.33. The predicted octanol–water partition coefficient (Wildman–Crippen LogP) is 1.64. The number of sulfonamides is 1. The molecule has 0 spiro atoms. The van der Waals surface area contributed by atoms with Gasteiger partial charge in [0, 0.05) is 19.7 Å². The second-order valence-corrected chi connectivity index (χ2v) is 6.77. The summed E-state index contributed by atoms with van der Waals surface area (Å²) < 4.78 is 31.7. The Morgan fingerprint density at radius 2 is 1.76 bits per heavy atom. The molecular formula is C15H26N2O3S. The fraction of sp³-hybridized carbons (Fsp3) is 0.600. The monoisotopic (exact) mass is 314 g/mol. The summed E-state index contributed by atoms with van der Waals surface area (Å²) in [4.78, 5) is 0. The summed E-state index contributed by atoms with van der Waals surface area (Å²) in [5.74, 6) is 0.00178. The number of ether oxygens (including phenoxy) is 1. The Bertz CT molecular complexity index is 486. The van der Waals surface area contributed by atoms with Crippen molar-refractivity contribution in [1.29, 1.82) is 0 Å². The number of rotatable bonds is 11. The fourth-order valence-corrected chi connectivity index (χ4v) is 2.97. The van der Waals surface area contributed by atoms with Gasteiger partial charge in [0.15, 0.2) is 0 Å². The normalized spacial score (nSPS) is 11.7. The van der Waals surface area contributed by atoms with Crippen molar-refractivity contribution < 1.29 is 13.2 Å². The van der Waals surface area contributed by atoms with Gasteiger partial charge in [-0.25, -0.2) is 13.1 Å². The lowest BCUT2D eigenvalue weighted by atomic mass is 10.1. The number of unbranched alkanes of at least 4 members (excludes halogenated alkanes) is 1. The molecule has 0 saturated carbocycles. The molecule has 0 aliphatic heterocycles. The third kappa shape index (κ3) is 8.16. The van der Waals surface area contributed by atoms with E-state index in [2.05, 4.69) is 17.0 Å². The Hall–Kier alpha value is -0.950. The van der Waals surface area contributed by atoms with E-state index in [4.69, 9.17) is 4.74 Å². The van der Waals surface area contributed by atoms with E-state index in [0.717, 1.165) is 30.5 Å². The highest BCUT2D eigenvalue weighted by Gasteiger charge is 2.10. The highest BCUT2D eigenvalue weighted by atomic mass is 32.2. The zero-order chi connectivity index (χ0) is 15.6. The molecule has 0 amide bonds. The largest absolute Gasteiger partial charge is 0.380 e. The van der Waals surface area contributed by atoms with E-state index in [9.17, 15) is 8.42 Å². The van der Waals surface area contributed by atoms with Gasteiger partial charge in [0.25, 0.3) is 0 Å². The minimum atomic E-state index is -3.30. The number of hydrogen-bond acceptors (Lipinski definition) is 4. The Balaban J connectivity index is 2.34. The third-order valence-electron chi connectivity index (χ3n) is 2.97. The van der Waals surface area contributed by atoms with Crippen LogP contribution < -0.4 is 10.0 Å². The molecule has 120 valence electrons. The summed E-state index contributed by atoms with van der Waals surface area (Å²) in [6.07, 6.45) is 2.08. The van der Waals surface area contributed by atoms with Gasteiger partial charge in [0.05, 0.1) is 12.4 Å². The van der Waals surface area contributed by atoms with Crippen LogP contribution in [0.1, 0.15) is 30.9 Å². The van der Waals surface area contributed by atoms with Crippen LogP contribution in [0.15, 0.2) is 24.3 Å². The molecule has 2 N–H and O–H groups in total. The summed E-state index contributed by atoms with van der Waals surface area (Å²) in [6, 6.07) is 7.58. The van der Waals surface area contributed by atoms with E-state index in [1.165, 1.54) is 0 Å². The molecule has 0 fully saturated rings. The van der Waals surface area contributed by atoms with Gasteiger partial charge in [0.1, 0.15) is 0 Å². The molecule has 0 unspecified atom stereocenters. The molecule has 1 rings (SSSR count). The van der Waals surface area contributed by atoms with Gasteiger partial charge in [0.2, 0.25) is 10.0 Å². The van der Waals surface area contributed by atoms with Crippen molar-refractivity contribution in [2.24, 2.45) is 0 Å². The number of nitrogens with one attached hydrogen (secondary N) is 2. The molecule has 1 aromatic carbocycles. The standard InChI is InChI=1S/C15H26N2O3S/c1-3-4-10-20-11-9-17-21(18,19)13-15-7-5-14(6-8-15)12-16-2/h5-8,16-17H,3-4,9-13H2,1-2H3.